The average Bonchev–Trinajstić information content (AvgIpc) is 2.82. The summed E-state index contributed by atoms with van der Waals surface area (Å²) in [7, 11) is 1.66. The highest BCUT2D eigenvalue weighted by Gasteiger charge is 2.09. The van der Waals surface area contributed by atoms with Gasteiger partial charge in [0.15, 0.2) is 0 Å². The molecule has 0 aliphatic carbocycles. The lowest BCUT2D eigenvalue weighted by atomic mass is 10.1. The summed E-state index contributed by atoms with van der Waals surface area (Å²) in [4.78, 5) is 26.9. The molecule has 0 atom stereocenters. The molecule has 0 unspecified atom stereocenters. The van der Waals surface area contributed by atoms with Gasteiger partial charge in [-0.1, -0.05) is 91.0 Å². The maximum Gasteiger partial charge on any atom is 0.275 e. The Morgan fingerprint density at radius 1 is 0.645 bits per heavy atom. The summed E-state index contributed by atoms with van der Waals surface area (Å²) < 4.78 is 3.06. The number of aryl methyl sites for hydroxylation is 1. The molecule has 31 heavy (non-hydrogen) atoms. The average molecular weight is 409 g/mol. The standard InChI is InChI=1S/C27H24N2O2/c1-28-24(19-22-13-7-3-8-14-22)27(31)29(18-17-21-11-5-2-6-12-21)25(26(28)30)20-23-15-9-4-10-16-23/h2-16,19-20H,17-18H2,1H3. The van der Waals surface area contributed by atoms with Crippen molar-refractivity contribution in [2.45, 2.75) is 13.0 Å². The summed E-state index contributed by atoms with van der Waals surface area (Å²) in [6, 6.07) is 29.2. The molecule has 0 saturated heterocycles. The number of benzene rings is 3. The Labute approximate surface area is 180 Å². The second kappa shape index (κ2) is 9.26. The first-order valence-corrected chi connectivity index (χ1v) is 10.3. The minimum Gasteiger partial charge on any atom is -0.305 e. The summed E-state index contributed by atoms with van der Waals surface area (Å²) in [6.45, 7) is 0.424. The molecule has 0 N–H and O–H groups in total. The normalized spacial score (nSPS) is 12.3. The smallest absolute Gasteiger partial charge is 0.275 e. The molecule has 0 aliphatic heterocycles. The third-order valence-corrected chi connectivity index (χ3v) is 5.31. The summed E-state index contributed by atoms with van der Waals surface area (Å²) in [5.74, 6) is 0. The number of aromatic nitrogens is 2. The van der Waals surface area contributed by atoms with Gasteiger partial charge in [0.05, 0.1) is 0 Å². The Kier molecular flexibility index (Phi) is 6.08. The van der Waals surface area contributed by atoms with E-state index >= 15 is 0 Å². The van der Waals surface area contributed by atoms with Crippen molar-refractivity contribution < 1.29 is 0 Å². The third kappa shape index (κ3) is 4.64. The van der Waals surface area contributed by atoms with E-state index in [9.17, 15) is 9.59 Å². The van der Waals surface area contributed by atoms with Gasteiger partial charge in [-0.15, -0.1) is 0 Å². The van der Waals surface area contributed by atoms with Gasteiger partial charge in [-0.3, -0.25) is 9.59 Å². The Morgan fingerprint density at radius 2 is 1.13 bits per heavy atom. The fourth-order valence-corrected chi connectivity index (χ4v) is 3.61. The number of nitrogens with zero attached hydrogens (tertiary/aromatic N) is 2. The predicted octanol–water partition coefficient (Wildman–Crippen LogP) is 2.45. The summed E-state index contributed by atoms with van der Waals surface area (Å²) >= 11 is 0. The molecule has 0 radical (unpaired) electrons. The van der Waals surface area contributed by atoms with E-state index in [-0.39, 0.29) is 11.1 Å². The molecular weight excluding hydrogens is 384 g/mol. The molecule has 154 valence electrons. The monoisotopic (exact) mass is 408 g/mol. The molecule has 4 heteroatoms. The molecule has 1 heterocycles. The Hall–Kier alpha value is -3.92. The van der Waals surface area contributed by atoms with Crippen molar-refractivity contribution in [1.29, 1.82) is 0 Å². The van der Waals surface area contributed by atoms with Gasteiger partial charge >= 0.3 is 0 Å². The summed E-state index contributed by atoms with van der Waals surface area (Å²) in [6.07, 6.45) is 4.23. The van der Waals surface area contributed by atoms with Crippen LogP contribution in [0.5, 0.6) is 0 Å². The minimum absolute atomic E-state index is 0.177. The second-order valence-corrected chi connectivity index (χ2v) is 7.44. The van der Waals surface area contributed by atoms with Gasteiger partial charge < -0.3 is 9.13 Å². The van der Waals surface area contributed by atoms with E-state index in [4.69, 9.17) is 0 Å². The third-order valence-electron chi connectivity index (χ3n) is 5.31. The fraction of sp³-hybridized carbons (Fsp3) is 0.111. The minimum atomic E-state index is -0.196. The zero-order valence-electron chi connectivity index (χ0n) is 17.4. The first-order valence-electron chi connectivity index (χ1n) is 10.3. The first-order chi connectivity index (χ1) is 15.1. The van der Waals surface area contributed by atoms with Gasteiger partial charge in [-0.05, 0) is 35.3 Å². The zero-order valence-corrected chi connectivity index (χ0v) is 17.4. The van der Waals surface area contributed by atoms with Crippen LogP contribution in [-0.2, 0) is 20.0 Å². The van der Waals surface area contributed by atoms with Crippen LogP contribution in [0, 0.1) is 0 Å². The van der Waals surface area contributed by atoms with Gasteiger partial charge in [0.25, 0.3) is 11.1 Å². The number of hydrogen-bond acceptors (Lipinski definition) is 2. The molecule has 4 rings (SSSR count). The molecule has 3 aromatic carbocycles. The van der Waals surface area contributed by atoms with Crippen LogP contribution in [-0.4, -0.2) is 9.13 Å². The van der Waals surface area contributed by atoms with Crippen molar-refractivity contribution >= 4 is 12.2 Å². The van der Waals surface area contributed by atoms with E-state index in [0.717, 1.165) is 16.7 Å². The van der Waals surface area contributed by atoms with Crippen LogP contribution in [0.3, 0.4) is 0 Å². The lowest BCUT2D eigenvalue weighted by Gasteiger charge is -2.10. The summed E-state index contributed by atoms with van der Waals surface area (Å²) in [5, 5.41) is 0.759. The fourth-order valence-electron chi connectivity index (χ4n) is 3.61. The molecular formula is C27H24N2O2. The molecule has 4 aromatic rings. The first kappa shape index (κ1) is 20.4. The van der Waals surface area contributed by atoms with E-state index < -0.39 is 0 Å². The van der Waals surface area contributed by atoms with Crippen molar-refractivity contribution in [2.24, 2.45) is 7.05 Å². The largest absolute Gasteiger partial charge is 0.305 e. The quantitative estimate of drug-likeness (QED) is 0.509. The van der Waals surface area contributed by atoms with Gasteiger partial charge in [0.2, 0.25) is 0 Å². The Morgan fingerprint density at radius 3 is 1.68 bits per heavy atom. The van der Waals surface area contributed by atoms with Gasteiger partial charge in [-0.25, -0.2) is 0 Å². The van der Waals surface area contributed by atoms with Crippen molar-refractivity contribution in [1.82, 2.24) is 9.13 Å². The molecule has 1 aromatic heterocycles. The lowest BCUT2D eigenvalue weighted by molar-refractivity contribution is 0.604. The van der Waals surface area contributed by atoms with Crippen molar-refractivity contribution in [2.75, 3.05) is 0 Å². The number of rotatable bonds is 5. The molecule has 0 bridgehead atoms. The van der Waals surface area contributed by atoms with Crippen LogP contribution in [0.25, 0.3) is 12.2 Å². The van der Waals surface area contributed by atoms with E-state index in [1.165, 1.54) is 4.57 Å². The topological polar surface area (TPSA) is 44.0 Å². The van der Waals surface area contributed by atoms with Crippen LogP contribution < -0.4 is 21.8 Å². The highest BCUT2D eigenvalue weighted by Crippen LogP contribution is 2.01. The van der Waals surface area contributed by atoms with Crippen LogP contribution in [0.1, 0.15) is 16.7 Å². The van der Waals surface area contributed by atoms with Crippen LogP contribution in [0.4, 0.5) is 0 Å². The Bertz CT molecular complexity index is 1400. The van der Waals surface area contributed by atoms with Gasteiger partial charge in [0.1, 0.15) is 10.7 Å². The second-order valence-electron chi connectivity index (χ2n) is 7.44. The Balaban J connectivity index is 1.94. The van der Waals surface area contributed by atoms with Gasteiger partial charge in [0, 0.05) is 13.6 Å². The summed E-state index contributed by atoms with van der Waals surface area (Å²) in [5.41, 5.74) is 2.51. The van der Waals surface area contributed by atoms with Crippen molar-refractivity contribution in [3.8, 4) is 0 Å². The molecule has 0 saturated carbocycles. The molecule has 0 fully saturated rings. The SMILES string of the molecule is Cn1c(=O)c(=Cc2ccccc2)n(CCc2ccccc2)c(=O)c1=Cc1ccccc1. The van der Waals surface area contributed by atoms with Crippen LogP contribution >= 0.6 is 0 Å². The van der Waals surface area contributed by atoms with Crippen molar-refractivity contribution in [3.05, 3.63) is 139 Å². The molecule has 0 amide bonds. The maximum absolute atomic E-state index is 13.5. The van der Waals surface area contributed by atoms with E-state index in [2.05, 4.69) is 0 Å². The van der Waals surface area contributed by atoms with E-state index in [1.807, 2.05) is 91.0 Å². The van der Waals surface area contributed by atoms with E-state index in [0.29, 0.717) is 23.7 Å². The maximum atomic E-state index is 13.5. The van der Waals surface area contributed by atoms with E-state index in [1.54, 1.807) is 23.8 Å². The predicted molar refractivity (Wildman–Crippen MR) is 125 cm³/mol. The number of hydrogen-bond donors (Lipinski definition) is 0. The lowest BCUT2D eigenvalue weighted by Crippen LogP contribution is -2.57. The van der Waals surface area contributed by atoms with Crippen LogP contribution in [0.15, 0.2) is 101 Å². The molecule has 0 aliphatic rings. The molecule has 4 nitrogen and oxygen atoms in total. The molecule has 0 spiro atoms. The van der Waals surface area contributed by atoms with Gasteiger partial charge in [-0.2, -0.15) is 0 Å². The highest BCUT2D eigenvalue weighted by atomic mass is 16.1. The highest BCUT2D eigenvalue weighted by molar-refractivity contribution is 5.49. The zero-order chi connectivity index (χ0) is 21.6. The van der Waals surface area contributed by atoms with Crippen molar-refractivity contribution in [3.63, 3.8) is 0 Å². The van der Waals surface area contributed by atoms with Crippen LogP contribution in [0.2, 0.25) is 0 Å².